The number of carbonyl (C=O) groups is 2. The Labute approximate surface area is 204 Å². The number of amides is 2. The molecule has 3 N–H and O–H groups in total. The molecule has 3 aromatic carbocycles. The number of carbonyl (C=O) groups excluding carboxylic acids is 2. The molecule has 1 heterocycles. The van der Waals surface area contributed by atoms with Crippen LogP contribution in [0.25, 0.3) is 21.8 Å². The van der Waals surface area contributed by atoms with Gasteiger partial charge in [0, 0.05) is 59.5 Å². The first-order valence-corrected chi connectivity index (χ1v) is 12.2. The van der Waals surface area contributed by atoms with E-state index in [-0.39, 0.29) is 17.3 Å². The van der Waals surface area contributed by atoms with Crippen LogP contribution in [0.3, 0.4) is 0 Å². The van der Waals surface area contributed by atoms with E-state index in [1.807, 2.05) is 30.3 Å². The number of benzene rings is 3. The molecule has 4 rings (SSSR count). The number of para-hydroxylation sites is 1. The fourth-order valence-electron chi connectivity index (χ4n) is 4.26. The van der Waals surface area contributed by atoms with Crippen LogP contribution in [0.1, 0.15) is 19.4 Å². The molecule has 1 atom stereocenters. The maximum Gasteiger partial charge on any atom is 0.246 e. The van der Waals surface area contributed by atoms with Gasteiger partial charge in [-0.25, -0.2) is 0 Å². The molecule has 0 spiro atoms. The number of nitrogens with one attached hydrogen (secondary N) is 1. The quantitative estimate of drug-likeness (QED) is 0.385. The van der Waals surface area contributed by atoms with Gasteiger partial charge < -0.3 is 20.3 Å². The molecule has 178 valence electrons. The minimum absolute atomic E-state index is 0. The molecule has 7 heteroatoms. The summed E-state index contributed by atoms with van der Waals surface area (Å²) in [6, 6.07) is 24.2. The van der Waals surface area contributed by atoms with Crippen molar-refractivity contribution in [1.29, 1.82) is 0 Å². The molecular formula is C27H31N3O3S. The predicted octanol–water partition coefficient (Wildman–Crippen LogP) is 4.25. The van der Waals surface area contributed by atoms with Crippen LogP contribution in [0.2, 0.25) is 0 Å². The molecule has 0 aliphatic heterocycles. The maximum absolute atomic E-state index is 13.1. The number of thioether (sulfide) groups is 1. The Hall–Kier alpha value is -3.29. The lowest BCUT2D eigenvalue weighted by molar-refractivity contribution is -0.134. The minimum atomic E-state index is -0.589. The van der Waals surface area contributed by atoms with Gasteiger partial charge in [-0.1, -0.05) is 48.5 Å². The average molecular weight is 478 g/mol. The van der Waals surface area contributed by atoms with E-state index in [9.17, 15) is 9.59 Å². The van der Waals surface area contributed by atoms with Crippen LogP contribution in [0.5, 0.6) is 0 Å². The summed E-state index contributed by atoms with van der Waals surface area (Å²) in [7, 11) is 1.78. The van der Waals surface area contributed by atoms with Crippen LogP contribution in [-0.4, -0.2) is 45.6 Å². The third kappa shape index (κ3) is 5.43. The van der Waals surface area contributed by atoms with Gasteiger partial charge in [-0.2, -0.15) is 0 Å². The molecule has 0 saturated heterocycles. The molecule has 0 bridgehead atoms. The highest BCUT2D eigenvalue weighted by atomic mass is 32.2. The highest BCUT2D eigenvalue weighted by molar-refractivity contribution is 7.99. The van der Waals surface area contributed by atoms with E-state index >= 15 is 0 Å². The van der Waals surface area contributed by atoms with E-state index in [4.69, 9.17) is 0 Å². The molecule has 0 aliphatic carbocycles. The van der Waals surface area contributed by atoms with Crippen LogP contribution in [-0.2, 0) is 22.7 Å². The molecule has 1 unspecified atom stereocenters. The zero-order valence-corrected chi connectivity index (χ0v) is 20.6. The third-order valence-corrected chi connectivity index (χ3v) is 6.88. The summed E-state index contributed by atoms with van der Waals surface area (Å²) in [6.45, 7) is 5.02. The van der Waals surface area contributed by atoms with Gasteiger partial charge in [0.05, 0.1) is 0 Å². The molecule has 0 aliphatic rings. The van der Waals surface area contributed by atoms with Crippen LogP contribution in [0.15, 0.2) is 77.7 Å². The van der Waals surface area contributed by atoms with Crippen molar-refractivity contribution in [3.63, 3.8) is 0 Å². The number of likely N-dealkylation sites (N-methyl/N-ethyl adjacent to an activating group) is 1. The second-order valence-corrected chi connectivity index (χ2v) is 9.28. The second kappa shape index (κ2) is 11.2. The number of rotatable bonds is 8. The average Bonchev–Trinajstić information content (AvgIpc) is 3.14. The summed E-state index contributed by atoms with van der Waals surface area (Å²) in [4.78, 5) is 27.7. The lowest BCUT2D eigenvalue weighted by Gasteiger charge is -2.24. The molecule has 1 aromatic heterocycles. The smallest absolute Gasteiger partial charge is 0.246 e. The monoisotopic (exact) mass is 477 g/mol. The van der Waals surface area contributed by atoms with Crippen molar-refractivity contribution in [3.8, 4) is 0 Å². The van der Waals surface area contributed by atoms with Gasteiger partial charge in [0.15, 0.2) is 0 Å². The Balaban J connectivity index is 0.00000324. The molecule has 34 heavy (non-hydrogen) atoms. The van der Waals surface area contributed by atoms with Crippen molar-refractivity contribution in [3.05, 3.63) is 78.4 Å². The fraction of sp³-hybridized carbons (Fsp3) is 0.259. The first-order valence-electron chi connectivity index (χ1n) is 11.2. The summed E-state index contributed by atoms with van der Waals surface area (Å²) in [5.74, 6) is 0.170. The van der Waals surface area contributed by atoms with E-state index in [1.54, 1.807) is 23.7 Å². The molecular weight excluding hydrogens is 446 g/mol. The summed E-state index contributed by atoms with van der Waals surface area (Å²) < 4.78 is 2.32. The van der Waals surface area contributed by atoms with Gasteiger partial charge in [0.25, 0.3) is 0 Å². The van der Waals surface area contributed by atoms with Crippen molar-refractivity contribution < 1.29 is 15.1 Å². The van der Waals surface area contributed by atoms with Crippen molar-refractivity contribution in [2.75, 3.05) is 12.8 Å². The normalized spacial score (nSPS) is 11.7. The van der Waals surface area contributed by atoms with Crippen molar-refractivity contribution >= 4 is 45.4 Å². The maximum atomic E-state index is 13.1. The number of hydrogen-bond donors (Lipinski definition) is 1. The van der Waals surface area contributed by atoms with Crippen LogP contribution in [0.4, 0.5) is 0 Å². The highest BCUT2D eigenvalue weighted by Gasteiger charge is 2.23. The highest BCUT2D eigenvalue weighted by Crippen LogP contribution is 2.32. The van der Waals surface area contributed by atoms with Gasteiger partial charge in [-0.05, 0) is 36.8 Å². The first-order chi connectivity index (χ1) is 16.0. The minimum Gasteiger partial charge on any atom is -0.412 e. The van der Waals surface area contributed by atoms with Gasteiger partial charge in [-0.15, -0.1) is 11.8 Å². The third-order valence-electron chi connectivity index (χ3n) is 5.79. The van der Waals surface area contributed by atoms with E-state index in [0.717, 1.165) is 17.0 Å². The van der Waals surface area contributed by atoms with Crippen molar-refractivity contribution in [2.45, 2.75) is 37.9 Å². The molecule has 0 fully saturated rings. The summed E-state index contributed by atoms with van der Waals surface area (Å²) in [6.07, 6.45) is 0. The number of fused-ring (bicyclic) bond motifs is 3. The number of nitrogens with zero attached hydrogens (tertiary/aromatic N) is 2. The van der Waals surface area contributed by atoms with Crippen LogP contribution < -0.4 is 5.32 Å². The summed E-state index contributed by atoms with van der Waals surface area (Å²) in [5, 5.41) is 5.28. The molecule has 2 amide bonds. The molecule has 4 aromatic rings. The van der Waals surface area contributed by atoms with Gasteiger partial charge in [0.1, 0.15) is 6.04 Å². The first kappa shape index (κ1) is 25.3. The zero-order chi connectivity index (χ0) is 23.4. The molecule has 6 nitrogen and oxygen atoms in total. The Morgan fingerprint density at radius 2 is 1.65 bits per heavy atom. The van der Waals surface area contributed by atoms with Gasteiger partial charge >= 0.3 is 0 Å². The number of hydrogen-bond acceptors (Lipinski definition) is 3. The standard InChI is InChI=1S/C27H29N3O2S.H2O/c1-4-30-25-13-9-8-12-22(25)23-16-21(14-15-26(23)30)33-18-24(28-19(2)31)27(32)29(3)17-20-10-6-5-7-11-20;/h5-16,24H,4,17-18H2,1-3H3,(H,28,31);1H2. The van der Waals surface area contributed by atoms with E-state index in [2.05, 4.69) is 59.3 Å². The SMILES string of the molecule is CCn1c2ccccc2c2cc(SCC(NC(C)=O)C(=O)N(C)Cc3ccccc3)ccc21.O. The summed E-state index contributed by atoms with van der Waals surface area (Å²) >= 11 is 1.59. The lowest BCUT2D eigenvalue weighted by Crippen LogP contribution is -2.48. The van der Waals surface area contributed by atoms with Gasteiger partial charge in [0.2, 0.25) is 11.8 Å². The zero-order valence-electron chi connectivity index (χ0n) is 19.7. The molecule has 0 saturated carbocycles. The predicted molar refractivity (Wildman–Crippen MR) is 140 cm³/mol. The Morgan fingerprint density at radius 3 is 2.35 bits per heavy atom. The Morgan fingerprint density at radius 1 is 0.971 bits per heavy atom. The van der Waals surface area contributed by atoms with Crippen molar-refractivity contribution in [2.24, 2.45) is 0 Å². The van der Waals surface area contributed by atoms with Gasteiger partial charge in [-0.3, -0.25) is 9.59 Å². The molecule has 0 radical (unpaired) electrons. The van der Waals surface area contributed by atoms with Crippen LogP contribution in [0, 0.1) is 0 Å². The van der Waals surface area contributed by atoms with E-state index in [1.165, 1.54) is 28.7 Å². The Kier molecular flexibility index (Phi) is 8.36. The van der Waals surface area contributed by atoms with Crippen LogP contribution >= 0.6 is 11.8 Å². The van der Waals surface area contributed by atoms with Crippen molar-refractivity contribution in [1.82, 2.24) is 14.8 Å². The van der Waals surface area contributed by atoms with E-state index < -0.39 is 6.04 Å². The lowest BCUT2D eigenvalue weighted by atomic mass is 10.1. The second-order valence-electron chi connectivity index (χ2n) is 8.18. The number of aromatic nitrogens is 1. The topological polar surface area (TPSA) is 85.8 Å². The summed E-state index contributed by atoms with van der Waals surface area (Å²) in [5.41, 5.74) is 3.49. The Bertz CT molecular complexity index is 1290. The largest absolute Gasteiger partial charge is 0.412 e. The van der Waals surface area contributed by atoms with E-state index in [0.29, 0.717) is 12.3 Å². The fourth-order valence-corrected chi connectivity index (χ4v) is 5.21. The number of aryl methyl sites for hydroxylation is 1.